The molecule has 0 aliphatic carbocycles. The Morgan fingerprint density at radius 1 is 0.690 bits per heavy atom. The minimum Gasteiger partial charge on any atom is -0.311 e. The summed E-state index contributed by atoms with van der Waals surface area (Å²) in [6.45, 7) is 23.5. The van der Waals surface area contributed by atoms with Gasteiger partial charge < -0.3 is 4.90 Å². The molecule has 0 saturated heterocycles. The third kappa shape index (κ3) is 9.97. The van der Waals surface area contributed by atoms with Gasteiger partial charge in [-0.2, -0.15) is 0 Å². The quantitative estimate of drug-likeness (QED) is 0.272. The van der Waals surface area contributed by atoms with Crippen molar-refractivity contribution >= 4 is 0 Å². The lowest BCUT2D eigenvalue weighted by atomic mass is 10.1. The Balaban J connectivity index is 6.29. The van der Waals surface area contributed by atoms with Crippen molar-refractivity contribution in [3.05, 3.63) is 147 Å². The Hall–Kier alpha value is -3.32. The molecule has 0 saturated carbocycles. The summed E-state index contributed by atoms with van der Waals surface area (Å²) in [5, 5.41) is 0. The molecule has 1 heteroatoms. The van der Waals surface area contributed by atoms with Gasteiger partial charge in [0.25, 0.3) is 0 Å². The molecule has 0 aromatic carbocycles. The van der Waals surface area contributed by atoms with Crippen LogP contribution in [0.3, 0.4) is 0 Å². The van der Waals surface area contributed by atoms with Gasteiger partial charge >= 0.3 is 0 Å². The summed E-state index contributed by atoms with van der Waals surface area (Å²) in [6, 6.07) is 0. The zero-order valence-corrected chi connectivity index (χ0v) is 18.1. The molecule has 0 fully saturated rings. The van der Waals surface area contributed by atoms with Crippen LogP contribution in [0, 0.1) is 0 Å². The van der Waals surface area contributed by atoms with Gasteiger partial charge in [0, 0.05) is 17.1 Å². The highest BCUT2D eigenvalue weighted by Gasteiger charge is 2.13. The maximum absolute atomic E-state index is 4.03. The van der Waals surface area contributed by atoms with Gasteiger partial charge in [0.2, 0.25) is 0 Å². The van der Waals surface area contributed by atoms with Gasteiger partial charge in [-0.1, -0.05) is 87.6 Å². The van der Waals surface area contributed by atoms with E-state index >= 15 is 0 Å². The van der Waals surface area contributed by atoms with Crippen LogP contribution < -0.4 is 0 Å². The van der Waals surface area contributed by atoms with Crippen LogP contribution in [0.2, 0.25) is 0 Å². The second-order valence-corrected chi connectivity index (χ2v) is 5.93. The molecule has 0 heterocycles. The summed E-state index contributed by atoms with van der Waals surface area (Å²) in [5.41, 5.74) is 3.97. The second-order valence-electron chi connectivity index (χ2n) is 5.93. The fraction of sp³-hybridized carbons (Fsp3) is 0.143. The topological polar surface area (TPSA) is 3.24 Å². The fourth-order valence-electron chi connectivity index (χ4n) is 2.49. The summed E-state index contributed by atoms with van der Waals surface area (Å²) in [7, 11) is 0. The van der Waals surface area contributed by atoms with E-state index in [-0.39, 0.29) is 0 Å². The first kappa shape index (κ1) is 25.7. The summed E-state index contributed by atoms with van der Waals surface area (Å²) < 4.78 is 0. The van der Waals surface area contributed by atoms with E-state index in [9.17, 15) is 0 Å². The highest BCUT2D eigenvalue weighted by Crippen LogP contribution is 2.24. The van der Waals surface area contributed by atoms with Crippen LogP contribution in [0.5, 0.6) is 0 Å². The molecule has 1 nitrogen and oxygen atoms in total. The van der Waals surface area contributed by atoms with E-state index in [1.807, 2.05) is 62.5 Å². The van der Waals surface area contributed by atoms with E-state index in [1.165, 1.54) is 0 Å². The molecule has 0 rings (SSSR count). The van der Waals surface area contributed by atoms with Gasteiger partial charge in [-0.25, -0.2) is 0 Å². The maximum Gasteiger partial charge on any atom is 0.0458 e. The summed E-state index contributed by atoms with van der Waals surface area (Å²) in [5.74, 6) is 0. The lowest BCUT2D eigenvalue weighted by Crippen LogP contribution is -2.19. The molecule has 0 N–H and O–H groups in total. The number of hydrogen-bond acceptors (Lipinski definition) is 1. The van der Waals surface area contributed by atoms with E-state index < -0.39 is 0 Å². The van der Waals surface area contributed by atoms with Crippen molar-refractivity contribution in [3.63, 3.8) is 0 Å². The highest BCUT2D eigenvalue weighted by atomic mass is 15.2. The van der Waals surface area contributed by atoms with Crippen molar-refractivity contribution in [3.8, 4) is 0 Å². The SMILES string of the molecule is C=C/C=C/CC/C(C=C)=C/C=C(\C=C)N(/C(C=C)=C/C=C)C(/C=C\C)=C/C=C\C. The van der Waals surface area contributed by atoms with Crippen LogP contribution in [-0.4, -0.2) is 4.90 Å². The number of allylic oxidation sites excluding steroid dienone is 16. The van der Waals surface area contributed by atoms with E-state index in [4.69, 9.17) is 0 Å². The van der Waals surface area contributed by atoms with Crippen molar-refractivity contribution in [1.82, 2.24) is 4.90 Å². The fourth-order valence-corrected chi connectivity index (χ4v) is 2.49. The Bertz CT molecular complexity index is 773. The minimum absolute atomic E-state index is 0.904. The first-order chi connectivity index (χ1) is 14.1. The third-order valence-electron chi connectivity index (χ3n) is 3.88. The molecule has 0 spiro atoms. The van der Waals surface area contributed by atoms with Gasteiger partial charge in [-0.3, -0.25) is 0 Å². The minimum atomic E-state index is 0.904. The number of hydrogen-bond donors (Lipinski definition) is 0. The third-order valence-corrected chi connectivity index (χ3v) is 3.88. The maximum atomic E-state index is 4.03. The van der Waals surface area contributed by atoms with E-state index in [2.05, 4.69) is 68.2 Å². The average molecular weight is 386 g/mol. The van der Waals surface area contributed by atoms with Crippen molar-refractivity contribution < 1.29 is 0 Å². The van der Waals surface area contributed by atoms with E-state index in [0.29, 0.717) is 0 Å². The van der Waals surface area contributed by atoms with E-state index in [0.717, 1.165) is 35.5 Å². The van der Waals surface area contributed by atoms with Crippen LogP contribution in [0.25, 0.3) is 0 Å². The molecule has 0 amide bonds. The Kier molecular flexibility index (Phi) is 14.9. The molecule has 0 atom stereocenters. The van der Waals surface area contributed by atoms with Crippen LogP contribution in [-0.2, 0) is 0 Å². The lowest BCUT2D eigenvalue weighted by molar-refractivity contribution is 0.578. The largest absolute Gasteiger partial charge is 0.311 e. The molecule has 0 aromatic heterocycles. The molecule has 29 heavy (non-hydrogen) atoms. The summed E-state index contributed by atoms with van der Waals surface area (Å²) in [4.78, 5) is 2.09. The van der Waals surface area contributed by atoms with Crippen molar-refractivity contribution in [2.24, 2.45) is 0 Å². The molecule has 0 aliphatic rings. The van der Waals surface area contributed by atoms with Gasteiger partial charge in [0.1, 0.15) is 0 Å². The second kappa shape index (κ2) is 16.8. The zero-order chi connectivity index (χ0) is 21.9. The molecule has 0 unspecified atom stereocenters. The van der Waals surface area contributed by atoms with Crippen LogP contribution in [0.15, 0.2) is 147 Å². The van der Waals surface area contributed by atoms with Gasteiger partial charge in [-0.15, -0.1) is 0 Å². The van der Waals surface area contributed by atoms with Gasteiger partial charge in [0.15, 0.2) is 0 Å². The number of rotatable bonds is 14. The normalized spacial score (nSPS) is 13.9. The van der Waals surface area contributed by atoms with Crippen LogP contribution >= 0.6 is 0 Å². The van der Waals surface area contributed by atoms with Crippen molar-refractivity contribution in [2.45, 2.75) is 26.7 Å². The predicted molar refractivity (Wildman–Crippen MR) is 133 cm³/mol. The smallest absolute Gasteiger partial charge is 0.0458 e. The average Bonchev–Trinajstić information content (AvgIpc) is 2.74. The Labute approximate surface area is 178 Å². The first-order valence-corrected chi connectivity index (χ1v) is 9.77. The molecular formula is C28H35N. The lowest BCUT2D eigenvalue weighted by Gasteiger charge is -2.28. The molecule has 0 radical (unpaired) electrons. The molecule has 0 aromatic rings. The molecule has 152 valence electrons. The summed E-state index contributed by atoms with van der Waals surface area (Å²) in [6.07, 6.45) is 31.1. The van der Waals surface area contributed by atoms with Gasteiger partial charge in [-0.05, 0) is 68.7 Å². The zero-order valence-electron chi connectivity index (χ0n) is 18.1. The van der Waals surface area contributed by atoms with Crippen LogP contribution in [0.1, 0.15) is 26.7 Å². The van der Waals surface area contributed by atoms with Crippen molar-refractivity contribution in [1.29, 1.82) is 0 Å². The Morgan fingerprint density at radius 3 is 1.90 bits per heavy atom. The predicted octanol–water partition coefficient (Wildman–Crippen LogP) is 8.29. The van der Waals surface area contributed by atoms with Crippen molar-refractivity contribution in [2.75, 3.05) is 0 Å². The number of nitrogens with zero attached hydrogens (tertiary/aromatic N) is 1. The Morgan fingerprint density at radius 2 is 1.38 bits per heavy atom. The molecule has 0 bridgehead atoms. The molecule has 0 aliphatic heterocycles. The first-order valence-electron chi connectivity index (χ1n) is 9.77. The highest BCUT2D eigenvalue weighted by molar-refractivity contribution is 5.41. The van der Waals surface area contributed by atoms with Crippen LogP contribution in [0.4, 0.5) is 0 Å². The monoisotopic (exact) mass is 385 g/mol. The molecular weight excluding hydrogens is 350 g/mol. The van der Waals surface area contributed by atoms with Gasteiger partial charge in [0.05, 0.1) is 0 Å². The van der Waals surface area contributed by atoms with E-state index in [1.54, 1.807) is 12.2 Å². The summed E-state index contributed by atoms with van der Waals surface area (Å²) >= 11 is 0. The standard InChI is InChI=1S/C28H35N/c1-8-15-17-18-21-25(12-5)23-24-27(14-7)29(26(13-6)19-10-3)28(20-11-4)22-16-9-2/h8-17,19-20,22-24H,1,3,5-7,18,21H2,2,4H3/b16-9-,17-15+,20-11-,25-23+,26-19+,27-24+,28-22+.